The van der Waals surface area contributed by atoms with Crippen LogP contribution in [0.1, 0.15) is 31.2 Å². The van der Waals surface area contributed by atoms with Crippen molar-refractivity contribution in [3.63, 3.8) is 0 Å². The van der Waals surface area contributed by atoms with E-state index in [-0.39, 0.29) is 25.5 Å². The maximum absolute atomic E-state index is 12.0. The van der Waals surface area contributed by atoms with Crippen molar-refractivity contribution in [3.05, 3.63) is 35.9 Å². The molecular formula is C18H26N2O5. The summed E-state index contributed by atoms with van der Waals surface area (Å²) in [5.41, 5.74) is 6.08. The molecule has 0 aromatic heterocycles. The van der Waals surface area contributed by atoms with E-state index in [2.05, 4.69) is 5.32 Å². The monoisotopic (exact) mass is 350 g/mol. The van der Waals surface area contributed by atoms with Crippen LogP contribution in [-0.4, -0.2) is 38.0 Å². The number of unbranched alkanes of at least 4 members (excludes halogenated alkanes) is 1. The number of carbonyl (C=O) groups excluding carboxylic acids is 3. The van der Waals surface area contributed by atoms with Crippen LogP contribution in [0, 0.1) is 5.92 Å². The number of hydrogen-bond acceptors (Lipinski definition) is 6. The lowest BCUT2D eigenvalue weighted by Crippen LogP contribution is -2.31. The molecule has 138 valence electrons. The van der Waals surface area contributed by atoms with Gasteiger partial charge in [0.05, 0.1) is 26.0 Å². The molecule has 1 amide bonds. The van der Waals surface area contributed by atoms with Crippen LogP contribution >= 0.6 is 0 Å². The minimum absolute atomic E-state index is 0.0192. The van der Waals surface area contributed by atoms with Crippen LogP contribution in [-0.2, 0) is 30.5 Å². The van der Waals surface area contributed by atoms with Crippen LogP contribution in [0.5, 0.6) is 0 Å². The summed E-state index contributed by atoms with van der Waals surface area (Å²) in [6, 6.07) is 9.34. The number of rotatable bonds is 11. The molecule has 0 saturated carbocycles. The molecule has 0 heterocycles. The number of nitrogens with one attached hydrogen (secondary N) is 1. The Labute approximate surface area is 147 Å². The highest BCUT2D eigenvalue weighted by atomic mass is 16.5. The molecule has 0 aliphatic rings. The highest BCUT2D eigenvalue weighted by Gasteiger charge is 2.23. The Kier molecular flexibility index (Phi) is 9.92. The van der Waals surface area contributed by atoms with Crippen molar-refractivity contribution in [3.8, 4) is 0 Å². The van der Waals surface area contributed by atoms with Gasteiger partial charge in [0.25, 0.3) is 0 Å². The van der Waals surface area contributed by atoms with E-state index in [4.69, 9.17) is 15.2 Å². The van der Waals surface area contributed by atoms with Gasteiger partial charge in [0, 0.05) is 6.54 Å². The number of esters is 2. The van der Waals surface area contributed by atoms with Crippen molar-refractivity contribution in [2.24, 2.45) is 11.7 Å². The first-order valence-electron chi connectivity index (χ1n) is 8.31. The molecule has 0 spiro atoms. The Bertz CT molecular complexity index is 548. The molecule has 1 aromatic rings. The molecule has 0 saturated heterocycles. The third-order valence-corrected chi connectivity index (χ3v) is 3.68. The van der Waals surface area contributed by atoms with Crippen LogP contribution in [0.2, 0.25) is 0 Å². The number of hydrogen-bond donors (Lipinski definition) is 2. The third kappa shape index (κ3) is 8.85. The summed E-state index contributed by atoms with van der Waals surface area (Å²) in [6.07, 6.45) is 1.84. The van der Waals surface area contributed by atoms with Gasteiger partial charge in [0.15, 0.2) is 0 Å². The quantitative estimate of drug-likeness (QED) is 0.458. The van der Waals surface area contributed by atoms with Crippen LogP contribution in [0.3, 0.4) is 0 Å². The Balaban J connectivity index is 2.35. The van der Waals surface area contributed by atoms with E-state index in [9.17, 15) is 14.4 Å². The zero-order chi connectivity index (χ0) is 18.5. The Morgan fingerprint density at radius 3 is 2.52 bits per heavy atom. The second-order valence-electron chi connectivity index (χ2n) is 5.62. The van der Waals surface area contributed by atoms with E-state index in [0.717, 1.165) is 5.56 Å². The predicted octanol–water partition coefficient (Wildman–Crippen LogP) is 1.15. The Morgan fingerprint density at radius 2 is 1.88 bits per heavy atom. The minimum Gasteiger partial charge on any atom is -0.469 e. The van der Waals surface area contributed by atoms with Gasteiger partial charge >= 0.3 is 11.9 Å². The van der Waals surface area contributed by atoms with Gasteiger partial charge in [-0.05, 0) is 18.4 Å². The van der Waals surface area contributed by atoms with Gasteiger partial charge in [-0.2, -0.15) is 0 Å². The highest BCUT2D eigenvalue weighted by Crippen LogP contribution is 2.16. The second-order valence-corrected chi connectivity index (χ2v) is 5.62. The van der Waals surface area contributed by atoms with Crippen LogP contribution < -0.4 is 11.1 Å². The minimum atomic E-state index is -0.543. The molecule has 7 heteroatoms. The lowest BCUT2D eigenvalue weighted by molar-refractivity contribution is -0.154. The summed E-state index contributed by atoms with van der Waals surface area (Å²) < 4.78 is 9.96. The number of methoxy groups -OCH3 is 1. The summed E-state index contributed by atoms with van der Waals surface area (Å²) in [7, 11) is 1.30. The lowest BCUT2D eigenvalue weighted by Gasteiger charge is -2.14. The van der Waals surface area contributed by atoms with Crippen LogP contribution in [0.25, 0.3) is 0 Å². The van der Waals surface area contributed by atoms with E-state index >= 15 is 0 Å². The van der Waals surface area contributed by atoms with Gasteiger partial charge in [-0.3, -0.25) is 14.4 Å². The van der Waals surface area contributed by atoms with Crippen LogP contribution in [0.15, 0.2) is 30.3 Å². The molecule has 0 aliphatic heterocycles. The topological polar surface area (TPSA) is 108 Å². The van der Waals surface area contributed by atoms with Crippen molar-refractivity contribution < 1.29 is 23.9 Å². The van der Waals surface area contributed by atoms with Crippen molar-refractivity contribution in [2.75, 3.05) is 20.2 Å². The molecule has 25 heavy (non-hydrogen) atoms. The summed E-state index contributed by atoms with van der Waals surface area (Å²) in [5, 5.41) is 2.66. The lowest BCUT2D eigenvalue weighted by atomic mass is 9.98. The molecule has 3 N–H and O–H groups in total. The van der Waals surface area contributed by atoms with Gasteiger partial charge < -0.3 is 20.5 Å². The number of carbonyl (C=O) groups is 3. The molecule has 7 nitrogen and oxygen atoms in total. The summed E-state index contributed by atoms with van der Waals surface area (Å²) in [5.74, 6) is -1.62. The number of amides is 1. The van der Waals surface area contributed by atoms with Gasteiger partial charge in [0.1, 0.15) is 6.61 Å². The maximum Gasteiger partial charge on any atom is 0.309 e. The predicted molar refractivity (Wildman–Crippen MR) is 92.3 cm³/mol. The zero-order valence-corrected chi connectivity index (χ0v) is 14.5. The smallest absolute Gasteiger partial charge is 0.309 e. The van der Waals surface area contributed by atoms with E-state index in [1.165, 1.54) is 7.11 Å². The average Bonchev–Trinajstić information content (AvgIpc) is 2.65. The first kappa shape index (κ1) is 20.6. The number of nitrogens with two attached hydrogens (primary N) is 1. The van der Waals surface area contributed by atoms with Crippen molar-refractivity contribution in [1.29, 1.82) is 0 Å². The Morgan fingerprint density at radius 1 is 1.16 bits per heavy atom. The zero-order valence-electron chi connectivity index (χ0n) is 14.5. The fraction of sp³-hybridized carbons (Fsp3) is 0.500. The van der Waals surface area contributed by atoms with E-state index in [1.807, 2.05) is 30.3 Å². The molecular weight excluding hydrogens is 324 g/mol. The van der Waals surface area contributed by atoms with Crippen molar-refractivity contribution >= 4 is 17.8 Å². The fourth-order valence-electron chi connectivity index (χ4n) is 2.28. The number of ether oxygens (including phenoxy) is 2. The van der Waals surface area contributed by atoms with Gasteiger partial charge in [-0.1, -0.05) is 36.8 Å². The van der Waals surface area contributed by atoms with Gasteiger partial charge in [-0.15, -0.1) is 0 Å². The summed E-state index contributed by atoms with van der Waals surface area (Å²) in [4.78, 5) is 34.8. The number of benzene rings is 1. The molecule has 0 unspecified atom stereocenters. The summed E-state index contributed by atoms with van der Waals surface area (Å²) in [6.45, 7) is 0.624. The third-order valence-electron chi connectivity index (χ3n) is 3.68. The van der Waals surface area contributed by atoms with Crippen molar-refractivity contribution in [1.82, 2.24) is 5.32 Å². The van der Waals surface area contributed by atoms with Gasteiger partial charge in [-0.25, -0.2) is 0 Å². The molecule has 0 bridgehead atoms. The normalized spacial score (nSPS) is 11.4. The molecule has 1 aromatic carbocycles. The van der Waals surface area contributed by atoms with Crippen LogP contribution in [0.4, 0.5) is 0 Å². The molecule has 1 rings (SSSR count). The van der Waals surface area contributed by atoms with E-state index < -0.39 is 17.9 Å². The molecule has 0 radical (unpaired) electrons. The SMILES string of the molecule is COC(=O)[C@H](CCCCNC(=O)CN)CC(=O)OCc1ccccc1. The fourth-order valence-corrected chi connectivity index (χ4v) is 2.28. The summed E-state index contributed by atoms with van der Waals surface area (Å²) >= 11 is 0. The van der Waals surface area contributed by atoms with E-state index in [0.29, 0.717) is 25.8 Å². The first-order chi connectivity index (χ1) is 12.1. The van der Waals surface area contributed by atoms with Gasteiger partial charge in [0.2, 0.25) is 5.91 Å². The maximum atomic E-state index is 12.0. The second kappa shape index (κ2) is 12.0. The molecule has 0 fully saturated rings. The largest absolute Gasteiger partial charge is 0.469 e. The molecule has 1 atom stereocenters. The molecule has 0 aliphatic carbocycles. The van der Waals surface area contributed by atoms with E-state index in [1.54, 1.807) is 0 Å². The Hall–Kier alpha value is -2.41. The first-order valence-corrected chi connectivity index (χ1v) is 8.31. The standard InChI is InChI=1S/C18H26N2O5/c1-24-18(23)15(9-5-6-10-20-16(21)12-19)11-17(22)25-13-14-7-3-2-4-8-14/h2-4,7-8,15H,5-6,9-13,19H2,1H3,(H,20,21)/t15-/m1/s1. The average molecular weight is 350 g/mol. The highest BCUT2D eigenvalue weighted by molar-refractivity contribution is 5.80. The van der Waals surface area contributed by atoms with Crippen molar-refractivity contribution in [2.45, 2.75) is 32.3 Å².